The molecule has 9 heteroatoms. The molecule has 0 bridgehead atoms. The highest BCUT2D eigenvalue weighted by molar-refractivity contribution is 5.94. The highest BCUT2D eigenvalue weighted by Gasteiger charge is 2.26. The van der Waals surface area contributed by atoms with Crippen LogP contribution in [0.15, 0.2) is 47.3 Å². The Balaban J connectivity index is 1.17. The summed E-state index contributed by atoms with van der Waals surface area (Å²) in [5, 5.41) is 7.33. The largest absolute Gasteiger partial charge is 0.497 e. The Morgan fingerprint density at radius 2 is 1.97 bits per heavy atom. The van der Waals surface area contributed by atoms with Crippen LogP contribution in [0.4, 0.5) is 5.82 Å². The summed E-state index contributed by atoms with van der Waals surface area (Å²) in [7, 11) is 1.62. The van der Waals surface area contributed by atoms with Crippen molar-refractivity contribution in [2.45, 2.75) is 50.9 Å². The quantitative estimate of drug-likeness (QED) is 0.478. The maximum atomic E-state index is 12.7. The number of nitrogens with zero attached hydrogens (tertiary/aromatic N) is 2. The van der Waals surface area contributed by atoms with Crippen LogP contribution in [-0.4, -0.2) is 41.3 Å². The van der Waals surface area contributed by atoms with E-state index in [1.807, 2.05) is 36.4 Å². The third kappa shape index (κ3) is 5.16. The minimum Gasteiger partial charge on any atom is -0.497 e. The molecular weight excluding hydrogens is 446 g/mol. The van der Waals surface area contributed by atoms with Gasteiger partial charge in [0.15, 0.2) is 18.2 Å². The smallest absolute Gasteiger partial charge is 0.263 e. The van der Waals surface area contributed by atoms with Gasteiger partial charge in [-0.05, 0) is 67.3 Å². The lowest BCUT2D eigenvalue weighted by Gasteiger charge is -2.33. The summed E-state index contributed by atoms with van der Waals surface area (Å²) in [5.74, 6) is 1.98. The van der Waals surface area contributed by atoms with Gasteiger partial charge in [0.1, 0.15) is 5.75 Å². The second-order valence-corrected chi connectivity index (χ2v) is 9.35. The highest BCUT2D eigenvalue weighted by Crippen LogP contribution is 2.29. The second kappa shape index (κ2) is 10.1. The summed E-state index contributed by atoms with van der Waals surface area (Å²) >= 11 is 0. The summed E-state index contributed by atoms with van der Waals surface area (Å²) in [5.41, 5.74) is 8.29. The lowest BCUT2D eigenvalue weighted by Crippen LogP contribution is -2.42. The van der Waals surface area contributed by atoms with E-state index in [4.69, 9.17) is 15.2 Å². The van der Waals surface area contributed by atoms with Crippen LogP contribution in [0.2, 0.25) is 0 Å². The van der Waals surface area contributed by atoms with Gasteiger partial charge >= 0.3 is 0 Å². The summed E-state index contributed by atoms with van der Waals surface area (Å²) in [4.78, 5) is 28.7. The Bertz CT molecular complexity index is 1280. The highest BCUT2D eigenvalue weighted by atomic mass is 16.5. The number of ether oxygens (including phenoxy) is 2. The summed E-state index contributed by atoms with van der Waals surface area (Å²) in [6, 6.07) is 13.3. The van der Waals surface area contributed by atoms with Crippen LogP contribution >= 0.6 is 0 Å². The maximum absolute atomic E-state index is 12.7. The van der Waals surface area contributed by atoms with Gasteiger partial charge in [-0.25, -0.2) is 4.98 Å². The zero-order valence-electron chi connectivity index (χ0n) is 19.8. The number of amides is 1. The molecule has 1 aromatic carbocycles. The van der Waals surface area contributed by atoms with Crippen LogP contribution in [-0.2, 0) is 17.9 Å². The van der Waals surface area contributed by atoms with Crippen LogP contribution in [0.3, 0.4) is 0 Å². The molecule has 1 aliphatic carbocycles. The molecule has 3 heterocycles. The van der Waals surface area contributed by atoms with Gasteiger partial charge in [-0.15, -0.1) is 0 Å². The first kappa shape index (κ1) is 23.3. The number of carbonyl (C=O) groups is 1. The SMILES string of the molecule is COc1ccc2ccc(=O)n(C[C@H](N)[C@H]3CC[C@H](NCc4ccc5c(n4)NC(=O)CO5)CC3)c2c1. The van der Waals surface area contributed by atoms with Crippen molar-refractivity contribution in [3.05, 3.63) is 58.5 Å². The average Bonchev–Trinajstić information content (AvgIpc) is 2.88. The topological polar surface area (TPSA) is 121 Å². The first-order valence-electron chi connectivity index (χ1n) is 12.1. The van der Waals surface area contributed by atoms with Gasteiger partial charge < -0.3 is 30.4 Å². The standard InChI is InChI=1S/C26H31N5O4/c1-34-20-9-4-17-5-11-25(33)31(22(17)12-20)14-21(27)16-2-6-18(7-3-16)28-13-19-8-10-23-26(29-19)30-24(32)15-35-23/h4-5,8-12,16,18,21,28H,2-3,6-7,13-15,27H2,1H3,(H,29,30,32)/t16-,18-,21-/m0/s1. The number of carbonyl (C=O) groups excluding carboxylic acids is 1. The number of anilines is 1. The summed E-state index contributed by atoms with van der Waals surface area (Å²) in [6.07, 6.45) is 4.04. The van der Waals surface area contributed by atoms with Crippen molar-refractivity contribution >= 4 is 22.6 Å². The number of aromatic nitrogens is 2. The third-order valence-electron chi connectivity index (χ3n) is 7.07. The average molecular weight is 478 g/mol. The summed E-state index contributed by atoms with van der Waals surface area (Å²) in [6.45, 7) is 1.14. The van der Waals surface area contributed by atoms with Gasteiger partial charge in [-0.1, -0.05) is 0 Å². The second-order valence-electron chi connectivity index (χ2n) is 9.35. The molecule has 1 fully saturated rings. The molecule has 2 aromatic heterocycles. The first-order valence-corrected chi connectivity index (χ1v) is 12.1. The Labute approximate surface area is 203 Å². The van der Waals surface area contributed by atoms with Crippen molar-refractivity contribution < 1.29 is 14.3 Å². The monoisotopic (exact) mass is 477 g/mol. The van der Waals surface area contributed by atoms with E-state index in [2.05, 4.69) is 15.6 Å². The molecule has 3 aromatic rings. The van der Waals surface area contributed by atoms with E-state index in [1.54, 1.807) is 17.7 Å². The molecule has 0 unspecified atom stereocenters. The van der Waals surface area contributed by atoms with E-state index in [0.29, 0.717) is 36.6 Å². The minimum absolute atomic E-state index is 0.0287. The molecule has 0 saturated heterocycles. The normalized spacial score (nSPS) is 20.6. The van der Waals surface area contributed by atoms with E-state index in [1.165, 1.54) is 0 Å². The van der Waals surface area contributed by atoms with E-state index in [9.17, 15) is 9.59 Å². The lowest BCUT2D eigenvalue weighted by molar-refractivity contribution is -0.118. The molecule has 1 aliphatic heterocycles. The molecule has 9 nitrogen and oxygen atoms in total. The van der Waals surface area contributed by atoms with Gasteiger partial charge in [0.05, 0.1) is 18.3 Å². The maximum Gasteiger partial charge on any atom is 0.263 e. The molecule has 0 radical (unpaired) electrons. The van der Waals surface area contributed by atoms with Crippen molar-refractivity contribution in [3.63, 3.8) is 0 Å². The zero-order valence-corrected chi connectivity index (χ0v) is 19.8. The van der Waals surface area contributed by atoms with Gasteiger partial charge in [0.25, 0.3) is 11.5 Å². The molecule has 1 atom stereocenters. The Morgan fingerprint density at radius 1 is 1.17 bits per heavy atom. The van der Waals surface area contributed by atoms with Gasteiger partial charge in [0.2, 0.25) is 0 Å². The van der Waals surface area contributed by atoms with Crippen molar-refractivity contribution in [2.24, 2.45) is 11.7 Å². The van der Waals surface area contributed by atoms with Gasteiger partial charge in [0, 0.05) is 37.3 Å². The van der Waals surface area contributed by atoms with E-state index in [0.717, 1.165) is 48.0 Å². The molecule has 2 aliphatic rings. The van der Waals surface area contributed by atoms with Crippen LogP contribution < -0.4 is 31.4 Å². The van der Waals surface area contributed by atoms with Crippen molar-refractivity contribution in [1.82, 2.24) is 14.9 Å². The number of hydrogen-bond donors (Lipinski definition) is 3. The third-order valence-corrected chi connectivity index (χ3v) is 7.07. The zero-order chi connectivity index (χ0) is 24.4. The van der Waals surface area contributed by atoms with Crippen LogP contribution in [0.5, 0.6) is 11.5 Å². The fourth-order valence-electron chi connectivity index (χ4n) is 5.05. The van der Waals surface area contributed by atoms with Crippen molar-refractivity contribution in [2.75, 3.05) is 19.0 Å². The first-order chi connectivity index (χ1) is 17.0. The van der Waals surface area contributed by atoms with Gasteiger partial charge in [-0.2, -0.15) is 0 Å². The molecule has 0 spiro atoms. The minimum atomic E-state index is -0.185. The molecule has 35 heavy (non-hydrogen) atoms. The summed E-state index contributed by atoms with van der Waals surface area (Å²) < 4.78 is 12.5. The number of hydrogen-bond acceptors (Lipinski definition) is 7. The van der Waals surface area contributed by atoms with Crippen molar-refractivity contribution in [1.29, 1.82) is 0 Å². The predicted molar refractivity (Wildman–Crippen MR) is 134 cm³/mol. The number of methoxy groups -OCH3 is 1. The number of rotatable bonds is 7. The Kier molecular flexibility index (Phi) is 6.70. The molecule has 184 valence electrons. The van der Waals surface area contributed by atoms with Crippen LogP contribution in [0.25, 0.3) is 10.9 Å². The Hall–Kier alpha value is -3.43. The number of fused-ring (bicyclic) bond motifs is 2. The van der Waals surface area contributed by atoms with E-state index < -0.39 is 0 Å². The Morgan fingerprint density at radius 3 is 2.77 bits per heavy atom. The molecule has 1 amide bonds. The predicted octanol–water partition coefficient (Wildman–Crippen LogP) is 2.41. The van der Waals surface area contributed by atoms with Crippen LogP contribution in [0, 0.1) is 5.92 Å². The fraction of sp³-hybridized carbons (Fsp3) is 0.423. The van der Waals surface area contributed by atoms with E-state index >= 15 is 0 Å². The lowest BCUT2D eigenvalue weighted by atomic mass is 9.81. The molecular formula is C26H31N5O4. The number of pyridine rings is 2. The molecule has 4 N–H and O–H groups in total. The van der Waals surface area contributed by atoms with Crippen LogP contribution in [0.1, 0.15) is 31.4 Å². The number of benzene rings is 1. The van der Waals surface area contributed by atoms with Crippen molar-refractivity contribution in [3.8, 4) is 11.5 Å². The van der Waals surface area contributed by atoms with E-state index in [-0.39, 0.29) is 24.1 Å². The fourth-order valence-corrected chi connectivity index (χ4v) is 5.05. The molecule has 5 rings (SSSR count). The number of nitrogens with two attached hydrogens (primary N) is 1. The number of nitrogens with one attached hydrogen (secondary N) is 2. The molecule has 1 saturated carbocycles. The van der Waals surface area contributed by atoms with Gasteiger partial charge in [-0.3, -0.25) is 9.59 Å².